The van der Waals surface area contributed by atoms with Gasteiger partial charge in [-0.1, -0.05) is 13.8 Å². The Morgan fingerprint density at radius 3 is 2.21 bits per heavy atom. The molecule has 4 aliphatic rings. The lowest BCUT2D eigenvalue weighted by molar-refractivity contribution is -0.141. The monoisotopic (exact) mass is 334 g/mol. The molecule has 0 spiro atoms. The molecule has 0 saturated heterocycles. The summed E-state index contributed by atoms with van der Waals surface area (Å²) in [6.07, 6.45) is 11.2. The Hall–Kier alpha value is -0.0800. The van der Waals surface area contributed by atoms with E-state index in [1.54, 1.807) is 0 Å². The summed E-state index contributed by atoms with van der Waals surface area (Å²) in [4.78, 5) is 0. The minimum atomic E-state index is -0.535. The van der Waals surface area contributed by atoms with Gasteiger partial charge in [-0.15, -0.1) is 0 Å². The van der Waals surface area contributed by atoms with E-state index in [1.807, 2.05) is 13.8 Å². The van der Waals surface area contributed by atoms with Crippen LogP contribution in [0.1, 0.15) is 85.5 Å². The zero-order valence-electron chi connectivity index (χ0n) is 16.2. The lowest BCUT2D eigenvalue weighted by Crippen LogP contribution is -2.55. The molecule has 0 aromatic rings. The van der Waals surface area contributed by atoms with E-state index in [0.717, 1.165) is 36.5 Å². The molecular weight excluding hydrogens is 296 g/mol. The first-order valence-electron chi connectivity index (χ1n) is 10.6. The highest BCUT2D eigenvalue weighted by Crippen LogP contribution is 2.68. The van der Waals surface area contributed by atoms with Crippen molar-refractivity contribution in [1.29, 1.82) is 0 Å². The van der Waals surface area contributed by atoms with E-state index in [4.69, 9.17) is 0 Å². The van der Waals surface area contributed by atoms with Crippen molar-refractivity contribution in [3.8, 4) is 0 Å². The minimum absolute atomic E-state index is 0.0421. The summed E-state index contributed by atoms with van der Waals surface area (Å²) < 4.78 is 0. The number of hydrogen-bond acceptors (Lipinski definition) is 2. The summed E-state index contributed by atoms with van der Waals surface area (Å²) in [5, 5.41) is 20.9. The first-order valence-corrected chi connectivity index (χ1v) is 10.6. The molecule has 0 aliphatic heterocycles. The van der Waals surface area contributed by atoms with E-state index in [1.165, 1.54) is 44.9 Å². The third-order valence-electron chi connectivity index (χ3n) is 9.49. The van der Waals surface area contributed by atoms with E-state index in [-0.39, 0.29) is 6.10 Å². The molecule has 2 heteroatoms. The van der Waals surface area contributed by atoms with E-state index in [2.05, 4.69) is 13.8 Å². The summed E-state index contributed by atoms with van der Waals surface area (Å²) in [6, 6.07) is 0. The van der Waals surface area contributed by atoms with E-state index < -0.39 is 5.60 Å². The molecule has 0 unspecified atom stereocenters. The van der Waals surface area contributed by atoms with Crippen molar-refractivity contribution in [2.24, 2.45) is 40.4 Å². The van der Waals surface area contributed by atoms with E-state index >= 15 is 0 Å². The Bertz CT molecular complexity index is 495. The van der Waals surface area contributed by atoms with Crippen molar-refractivity contribution < 1.29 is 10.2 Å². The Labute approximate surface area is 148 Å². The van der Waals surface area contributed by atoms with Gasteiger partial charge in [0.1, 0.15) is 0 Å². The topological polar surface area (TPSA) is 40.5 Å². The maximum Gasteiger partial charge on any atom is 0.0625 e. The molecule has 138 valence electrons. The second kappa shape index (κ2) is 5.46. The van der Waals surface area contributed by atoms with Gasteiger partial charge in [-0.3, -0.25) is 0 Å². The predicted molar refractivity (Wildman–Crippen MR) is 97.5 cm³/mol. The molecule has 2 nitrogen and oxygen atoms in total. The molecule has 0 heterocycles. The SMILES string of the molecule is CC(C)(O)[C@H]1CC[C@H]2[C@@H]3CC[C@H]4C[C@H](O)CC[C@]4(C)[C@H]3CC[C@]12C. The van der Waals surface area contributed by atoms with Crippen molar-refractivity contribution in [3.63, 3.8) is 0 Å². The van der Waals surface area contributed by atoms with Gasteiger partial charge in [0, 0.05) is 0 Å². The van der Waals surface area contributed by atoms with Gasteiger partial charge in [-0.25, -0.2) is 0 Å². The molecule has 0 radical (unpaired) electrons. The highest BCUT2D eigenvalue weighted by Gasteiger charge is 2.61. The molecular formula is C22H38O2. The summed E-state index contributed by atoms with van der Waals surface area (Å²) in [7, 11) is 0. The lowest BCUT2D eigenvalue weighted by atomic mass is 9.44. The Morgan fingerprint density at radius 1 is 0.833 bits per heavy atom. The highest BCUT2D eigenvalue weighted by molar-refractivity contribution is 5.11. The zero-order chi connectivity index (χ0) is 17.3. The Balaban J connectivity index is 1.61. The van der Waals surface area contributed by atoms with Crippen molar-refractivity contribution in [2.45, 2.75) is 97.2 Å². The van der Waals surface area contributed by atoms with Gasteiger partial charge in [0.25, 0.3) is 0 Å². The lowest BCUT2D eigenvalue weighted by Gasteiger charge is -2.61. The van der Waals surface area contributed by atoms with Gasteiger partial charge in [0.15, 0.2) is 0 Å². The van der Waals surface area contributed by atoms with Gasteiger partial charge in [0.05, 0.1) is 11.7 Å². The Morgan fingerprint density at radius 2 is 1.50 bits per heavy atom. The molecule has 0 aromatic carbocycles. The van der Waals surface area contributed by atoms with Crippen LogP contribution >= 0.6 is 0 Å². The van der Waals surface area contributed by atoms with Gasteiger partial charge >= 0.3 is 0 Å². The van der Waals surface area contributed by atoms with Gasteiger partial charge < -0.3 is 10.2 Å². The molecule has 4 fully saturated rings. The third kappa shape index (κ3) is 2.35. The first kappa shape index (κ1) is 17.3. The first-order chi connectivity index (χ1) is 11.2. The molecule has 4 aliphatic carbocycles. The smallest absolute Gasteiger partial charge is 0.0625 e. The molecule has 4 rings (SSSR count). The fourth-order valence-corrected chi connectivity index (χ4v) is 8.40. The number of rotatable bonds is 1. The fourth-order valence-electron chi connectivity index (χ4n) is 8.40. The van der Waals surface area contributed by atoms with E-state index in [9.17, 15) is 10.2 Å². The maximum absolute atomic E-state index is 10.8. The number of fused-ring (bicyclic) bond motifs is 5. The Kier molecular flexibility index (Phi) is 3.94. The zero-order valence-corrected chi connectivity index (χ0v) is 16.2. The molecule has 0 amide bonds. The van der Waals surface area contributed by atoms with Crippen LogP contribution in [0.25, 0.3) is 0 Å². The normalized spacial score (nSPS) is 54.8. The molecule has 24 heavy (non-hydrogen) atoms. The van der Waals surface area contributed by atoms with Crippen LogP contribution in [0.3, 0.4) is 0 Å². The van der Waals surface area contributed by atoms with Crippen LogP contribution in [-0.2, 0) is 0 Å². The third-order valence-corrected chi connectivity index (χ3v) is 9.49. The predicted octanol–water partition coefficient (Wildman–Crippen LogP) is 4.78. The average molecular weight is 335 g/mol. The van der Waals surface area contributed by atoms with Gasteiger partial charge in [-0.05, 0) is 112 Å². The van der Waals surface area contributed by atoms with Crippen molar-refractivity contribution >= 4 is 0 Å². The maximum atomic E-state index is 10.8. The van der Waals surface area contributed by atoms with Crippen LogP contribution in [0.2, 0.25) is 0 Å². The molecule has 0 bridgehead atoms. The second-order valence-corrected chi connectivity index (χ2v) is 10.9. The van der Waals surface area contributed by atoms with Crippen molar-refractivity contribution in [2.75, 3.05) is 0 Å². The number of aliphatic hydroxyl groups is 2. The van der Waals surface area contributed by atoms with Crippen LogP contribution < -0.4 is 0 Å². The van der Waals surface area contributed by atoms with Crippen LogP contribution in [0, 0.1) is 40.4 Å². The van der Waals surface area contributed by atoms with Crippen LogP contribution in [-0.4, -0.2) is 21.9 Å². The molecule has 4 saturated carbocycles. The van der Waals surface area contributed by atoms with Crippen molar-refractivity contribution in [1.82, 2.24) is 0 Å². The standard InChI is InChI=1S/C22H38O2/c1-20(2,24)19-8-7-17-16-6-5-14-13-15(23)9-11-21(14,3)18(16)10-12-22(17,19)4/h14-19,23-24H,5-13H2,1-4H3/t14-,15+,16-,17-,18-,19+,21-,22-/m0/s1. The van der Waals surface area contributed by atoms with Crippen LogP contribution in [0.5, 0.6) is 0 Å². The van der Waals surface area contributed by atoms with Crippen LogP contribution in [0.15, 0.2) is 0 Å². The average Bonchev–Trinajstić information content (AvgIpc) is 2.85. The molecule has 0 aromatic heterocycles. The summed E-state index contributed by atoms with van der Waals surface area (Å²) >= 11 is 0. The number of aliphatic hydroxyl groups excluding tert-OH is 1. The summed E-state index contributed by atoms with van der Waals surface area (Å²) in [5.74, 6) is 3.76. The van der Waals surface area contributed by atoms with Crippen molar-refractivity contribution in [3.05, 3.63) is 0 Å². The minimum Gasteiger partial charge on any atom is -0.393 e. The van der Waals surface area contributed by atoms with Gasteiger partial charge in [0.2, 0.25) is 0 Å². The van der Waals surface area contributed by atoms with Crippen LogP contribution in [0.4, 0.5) is 0 Å². The fraction of sp³-hybridized carbons (Fsp3) is 1.00. The largest absolute Gasteiger partial charge is 0.393 e. The second-order valence-electron chi connectivity index (χ2n) is 10.9. The number of hydrogen-bond donors (Lipinski definition) is 2. The molecule has 2 N–H and O–H groups in total. The van der Waals surface area contributed by atoms with E-state index in [0.29, 0.717) is 16.7 Å². The molecule has 8 atom stereocenters. The summed E-state index contributed by atoms with van der Waals surface area (Å²) in [5.41, 5.74) is 0.277. The highest BCUT2D eigenvalue weighted by atomic mass is 16.3. The quantitative estimate of drug-likeness (QED) is 0.724. The van der Waals surface area contributed by atoms with Gasteiger partial charge in [-0.2, -0.15) is 0 Å². The summed E-state index contributed by atoms with van der Waals surface area (Å²) in [6.45, 7) is 9.14.